The minimum atomic E-state index is -1.13. The van der Waals surface area contributed by atoms with Crippen molar-refractivity contribution in [2.75, 3.05) is 0 Å². The molecule has 2 heterocycles. The summed E-state index contributed by atoms with van der Waals surface area (Å²) in [6, 6.07) is 8.96. The zero-order valence-electron chi connectivity index (χ0n) is 9.51. The Morgan fingerprint density at radius 3 is 2.78 bits per heavy atom. The molecule has 5 heteroatoms. The van der Waals surface area contributed by atoms with Crippen LogP contribution in [0.1, 0.15) is 16.1 Å². The van der Waals surface area contributed by atoms with Crippen LogP contribution in [0.25, 0.3) is 22.5 Å². The van der Waals surface area contributed by atoms with E-state index in [1.165, 1.54) is 6.07 Å². The molecular formula is C13H9NO4. The van der Waals surface area contributed by atoms with Gasteiger partial charge in [0.05, 0.1) is 0 Å². The third kappa shape index (κ3) is 1.66. The summed E-state index contributed by atoms with van der Waals surface area (Å²) in [6.45, 7) is 1.97. The first-order chi connectivity index (χ1) is 8.63. The summed E-state index contributed by atoms with van der Waals surface area (Å²) in [5, 5.41) is 13.1. The standard InChI is InChI=1S/C13H9NO4/c1-7-2-3-8-5-11(17-10(8)4-7)12-6-9(13(15)16)14-18-12/h2-6H,1H3,(H,15,16). The highest BCUT2D eigenvalue weighted by Crippen LogP contribution is 2.28. The molecule has 90 valence electrons. The minimum Gasteiger partial charge on any atom is -0.476 e. The second-order valence-corrected chi connectivity index (χ2v) is 4.03. The molecular weight excluding hydrogens is 234 g/mol. The largest absolute Gasteiger partial charge is 0.476 e. The second kappa shape index (κ2) is 3.73. The number of hydrogen-bond donors (Lipinski definition) is 1. The predicted octanol–water partition coefficient (Wildman–Crippen LogP) is 3.09. The first-order valence-corrected chi connectivity index (χ1v) is 5.34. The number of aromatic nitrogens is 1. The Bertz CT molecular complexity index is 738. The van der Waals surface area contributed by atoms with Gasteiger partial charge in [0.15, 0.2) is 11.5 Å². The first-order valence-electron chi connectivity index (χ1n) is 5.34. The number of nitrogens with zero attached hydrogens (tertiary/aromatic N) is 1. The molecule has 1 N–H and O–H groups in total. The van der Waals surface area contributed by atoms with Crippen molar-refractivity contribution in [3.05, 3.63) is 41.6 Å². The third-order valence-electron chi connectivity index (χ3n) is 2.65. The Labute approximate surface area is 102 Å². The Hall–Kier alpha value is -2.56. The van der Waals surface area contributed by atoms with Crippen LogP contribution in [0.2, 0.25) is 0 Å². The number of benzene rings is 1. The van der Waals surface area contributed by atoms with E-state index in [9.17, 15) is 4.79 Å². The molecule has 2 aromatic heterocycles. The molecule has 0 fully saturated rings. The monoisotopic (exact) mass is 243 g/mol. The van der Waals surface area contributed by atoms with E-state index in [1.807, 2.05) is 25.1 Å². The molecule has 0 aliphatic heterocycles. The van der Waals surface area contributed by atoms with Gasteiger partial charge in [-0.1, -0.05) is 17.3 Å². The fourth-order valence-corrected chi connectivity index (χ4v) is 1.75. The molecule has 0 atom stereocenters. The van der Waals surface area contributed by atoms with E-state index in [-0.39, 0.29) is 5.69 Å². The van der Waals surface area contributed by atoms with Crippen LogP contribution in [-0.4, -0.2) is 16.2 Å². The van der Waals surface area contributed by atoms with Crippen molar-refractivity contribution in [2.24, 2.45) is 0 Å². The maximum atomic E-state index is 10.7. The van der Waals surface area contributed by atoms with Gasteiger partial charge in [-0.3, -0.25) is 0 Å². The fourth-order valence-electron chi connectivity index (χ4n) is 1.75. The molecule has 18 heavy (non-hydrogen) atoms. The van der Waals surface area contributed by atoms with Crippen molar-refractivity contribution < 1.29 is 18.8 Å². The van der Waals surface area contributed by atoms with Gasteiger partial charge in [-0.15, -0.1) is 0 Å². The van der Waals surface area contributed by atoms with Gasteiger partial charge < -0.3 is 14.0 Å². The van der Waals surface area contributed by atoms with Crippen LogP contribution in [0.5, 0.6) is 0 Å². The average molecular weight is 243 g/mol. The summed E-state index contributed by atoms with van der Waals surface area (Å²) in [7, 11) is 0. The zero-order valence-corrected chi connectivity index (χ0v) is 9.51. The molecule has 0 aliphatic carbocycles. The van der Waals surface area contributed by atoms with Crippen molar-refractivity contribution in [3.63, 3.8) is 0 Å². The lowest BCUT2D eigenvalue weighted by atomic mass is 10.2. The van der Waals surface area contributed by atoms with Crippen molar-refractivity contribution in [1.82, 2.24) is 5.16 Å². The van der Waals surface area contributed by atoms with Crippen LogP contribution in [0.15, 0.2) is 39.3 Å². The van der Waals surface area contributed by atoms with Crippen molar-refractivity contribution in [1.29, 1.82) is 0 Å². The minimum absolute atomic E-state index is 0.137. The number of aromatic carboxylic acids is 1. The van der Waals surface area contributed by atoms with Crippen LogP contribution in [-0.2, 0) is 0 Å². The van der Waals surface area contributed by atoms with Gasteiger partial charge in [-0.2, -0.15) is 0 Å². The van der Waals surface area contributed by atoms with E-state index in [0.717, 1.165) is 16.5 Å². The lowest BCUT2D eigenvalue weighted by Gasteiger charge is -1.89. The number of hydrogen-bond acceptors (Lipinski definition) is 4. The first kappa shape index (κ1) is 10.6. The van der Waals surface area contributed by atoms with Gasteiger partial charge in [-0.25, -0.2) is 4.79 Å². The molecule has 5 nitrogen and oxygen atoms in total. The number of aryl methyl sites for hydroxylation is 1. The van der Waals surface area contributed by atoms with E-state index in [4.69, 9.17) is 14.0 Å². The molecule has 0 radical (unpaired) electrons. The summed E-state index contributed by atoms with van der Waals surface area (Å²) in [6.07, 6.45) is 0. The highest BCUT2D eigenvalue weighted by Gasteiger charge is 2.15. The predicted molar refractivity (Wildman–Crippen MR) is 63.4 cm³/mol. The van der Waals surface area contributed by atoms with Crippen LogP contribution < -0.4 is 0 Å². The summed E-state index contributed by atoms with van der Waals surface area (Å²) in [5.74, 6) is -0.353. The Kier molecular flexibility index (Phi) is 2.19. The molecule has 0 saturated carbocycles. The molecule has 0 bridgehead atoms. The van der Waals surface area contributed by atoms with Crippen molar-refractivity contribution in [3.8, 4) is 11.5 Å². The number of carbonyl (C=O) groups is 1. The van der Waals surface area contributed by atoms with E-state index in [2.05, 4.69) is 5.16 Å². The number of fused-ring (bicyclic) bond motifs is 1. The summed E-state index contributed by atoms with van der Waals surface area (Å²) in [5.41, 5.74) is 1.69. The summed E-state index contributed by atoms with van der Waals surface area (Å²) < 4.78 is 10.5. The van der Waals surface area contributed by atoms with Gasteiger partial charge in [-0.05, 0) is 24.6 Å². The number of rotatable bonds is 2. The van der Waals surface area contributed by atoms with Gasteiger partial charge >= 0.3 is 5.97 Å². The highest BCUT2D eigenvalue weighted by molar-refractivity contribution is 5.87. The highest BCUT2D eigenvalue weighted by atomic mass is 16.5. The molecule has 0 amide bonds. The van der Waals surface area contributed by atoms with Gasteiger partial charge in [0, 0.05) is 11.5 Å². The lowest BCUT2D eigenvalue weighted by molar-refractivity contribution is 0.0686. The number of carboxylic acid groups (broad SMARTS) is 1. The van der Waals surface area contributed by atoms with Gasteiger partial charge in [0.2, 0.25) is 5.76 Å². The van der Waals surface area contributed by atoms with Crippen molar-refractivity contribution >= 4 is 16.9 Å². The Morgan fingerprint density at radius 2 is 2.06 bits per heavy atom. The topological polar surface area (TPSA) is 76.5 Å². The second-order valence-electron chi connectivity index (χ2n) is 4.03. The number of furan rings is 1. The maximum absolute atomic E-state index is 10.7. The summed E-state index contributed by atoms with van der Waals surface area (Å²) in [4.78, 5) is 10.7. The summed E-state index contributed by atoms with van der Waals surface area (Å²) >= 11 is 0. The normalized spacial score (nSPS) is 10.9. The van der Waals surface area contributed by atoms with E-state index in [0.29, 0.717) is 11.5 Å². The number of carboxylic acids is 1. The van der Waals surface area contributed by atoms with E-state index >= 15 is 0 Å². The van der Waals surface area contributed by atoms with Crippen molar-refractivity contribution in [2.45, 2.75) is 6.92 Å². The molecule has 0 saturated heterocycles. The Balaban J connectivity index is 2.10. The van der Waals surface area contributed by atoms with Crippen LogP contribution in [0.3, 0.4) is 0 Å². The molecule has 3 aromatic rings. The smallest absolute Gasteiger partial charge is 0.358 e. The Morgan fingerprint density at radius 1 is 1.22 bits per heavy atom. The molecule has 0 aliphatic rings. The lowest BCUT2D eigenvalue weighted by Crippen LogP contribution is -1.94. The maximum Gasteiger partial charge on any atom is 0.358 e. The van der Waals surface area contributed by atoms with Gasteiger partial charge in [0.25, 0.3) is 0 Å². The average Bonchev–Trinajstić information content (AvgIpc) is 2.93. The van der Waals surface area contributed by atoms with Crippen LogP contribution >= 0.6 is 0 Å². The van der Waals surface area contributed by atoms with Crippen LogP contribution in [0, 0.1) is 6.92 Å². The zero-order chi connectivity index (χ0) is 12.7. The molecule has 1 aromatic carbocycles. The van der Waals surface area contributed by atoms with E-state index in [1.54, 1.807) is 6.07 Å². The fraction of sp³-hybridized carbons (Fsp3) is 0.0769. The van der Waals surface area contributed by atoms with E-state index < -0.39 is 5.97 Å². The molecule has 0 unspecified atom stereocenters. The molecule has 0 spiro atoms. The SMILES string of the molecule is Cc1ccc2cc(-c3cc(C(=O)O)no3)oc2c1. The van der Waals surface area contributed by atoms with Crippen LogP contribution in [0.4, 0.5) is 0 Å². The van der Waals surface area contributed by atoms with Gasteiger partial charge in [0.1, 0.15) is 5.58 Å². The quantitative estimate of drug-likeness (QED) is 0.748. The molecule has 3 rings (SSSR count). The third-order valence-corrected chi connectivity index (χ3v) is 2.65.